The van der Waals surface area contributed by atoms with Crippen LogP contribution in [0.1, 0.15) is 16.7 Å². The van der Waals surface area contributed by atoms with Crippen molar-refractivity contribution < 1.29 is 0 Å². The van der Waals surface area contributed by atoms with Gasteiger partial charge in [0.1, 0.15) is 5.82 Å². The van der Waals surface area contributed by atoms with Crippen LogP contribution in [0.2, 0.25) is 0 Å². The Morgan fingerprint density at radius 3 is 2.88 bits per heavy atom. The smallest absolute Gasteiger partial charge is 0.148 e. The zero-order valence-corrected chi connectivity index (χ0v) is 10.3. The van der Waals surface area contributed by atoms with Crippen LogP contribution in [0, 0.1) is 6.92 Å². The molecule has 0 bridgehead atoms. The maximum atomic E-state index is 4.01. The summed E-state index contributed by atoms with van der Waals surface area (Å²) in [6.45, 7) is 4.29. The van der Waals surface area contributed by atoms with E-state index in [0.717, 1.165) is 12.2 Å². The molecule has 2 aromatic heterocycles. The van der Waals surface area contributed by atoms with Crippen LogP contribution in [-0.2, 0) is 6.42 Å². The number of aromatic nitrogens is 2. The Kier molecular flexibility index (Phi) is 3.51. The molecule has 3 nitrogen and oxygen atoms in total. The topological polar surface area (TPSA) is 37.8 Å². The second-order valence-corrected chi connectivity index (χ2v) is 5.24. The van der Waals surface area contributed by atoms with Crippen LogP contribution in [0.15, 0.2) is 30.5 Å². The van der Waals surface area contributed by atoms with Crippen LogP contribution < -0.4 is 5.32 Å². The maximum absolute atomic E-state index is 4.01. The van der Waals surface area contributed by atoms with Crippen molar-refractivity contribution in [3.05, 3.63) is 40.2 Å². The lowest BCUT2D eigenvalue weighted by Gasteiger charge is -2.12. The van der Waals surface area contributed by atoms with E-state index in [-0.39, 0.29) is 0 Å². The number of thiophene rings is 1. The summed E-state index contributed by atoms with van der Waals surface area (Å²) >= 11 is 1.85. The van der Waals surface area contributed by atoms with Gasteiger partial charge in [-0.05, 0) is 38.1 Å². The average Bonchev–Trinajstić information content (AvgIpc) is 2.65. The van der Waals surface area contributed by atoms with Crippen molar-refractivity contribution in [3.8, 4) is 0 Å². The van der Waals surface area contributed by atoms with Gasteiger partial charge in [-0.1, -0.05) is 0 Å². The lowest BCUT2D eigenvalue weighted by Crippen LogP contribution is -2.18. The second-order valence-electron chi connectivity index (χ2n) is 3.87. The quantitative estimate of drug-likeness (QED) is 0.882. The van der Waals surface area contributed by atoms with E-state index in [2.05, 4.69) is 41.5 Å². The third-order valence-corrected chi connectivity index (χ3v) is 3.29. The fourth-order valence-corrected chi connectivity index (χ4v) is 2.60. The van der Waals surface area contributed by atoms with E-state index < -0.39 is 0 Å². The van der Waals surface area contributed by atoms with Crippen LogP contribution >= 0.6 is 11.3 Å². The van der Waals surface area contributed by atoms with E-state index in [9.17, 15) is 0 Å². The molecule has 0 aliphatic carbocycles. The molecule has 0 aliphatic heterocycles. The molecule has 0 amide bonds. The molecular weight excluding hydrogens is 218 g/mol. The highest BCUT2D eigenvalue weighted by Gasteiger charge is 2.05. The number of rotatable bonds is 4. The van der Waals surface area contributed by atoms with Crippen molar-refractivity contribution in [1.29, 1.82) is 0 Å². The largest absolute Gasteiger partial charge is 0.366 e. The molecule has 0 spiro atoms. The van der Waals surface area contributed by atoms with E-state index in [1.807, 2.05) is 23.5 Å². The minimum absolute atomic E-state index is 0.370. The Bertz CT molecular complexity index is 439. The lowest BCUT2D eigenvalue weighted by molar-refractivity contribution is 0.788. The van der Waals surface area contributed by atoms with Gasteiger partial charge in [-0.25, -0.2) is 0 Å². The molecule has 0 fully saturated rings. The van der Waals surface area contributed by atoms with Gasteiger partial charge in [0.05, 0.1) is 0 Å². The van der Waals surface area contributed by atoms with E-state index in [1.165, 1.54) is 9.75 Å². The van der Waals surface area contributed by atoms with E-state index in [1.54, 1.807) is 6.20 Å². The molecule has 0 saturated carbocycles. The molecule has 84 valence electrons. The predicted octanol–water partition coefficient (Wildman–Crippen LogP) is 2.89. The Morgan fingerprint density at radius 1 is 1.38 bits per heavy atom. The van der Waals surface area contributed by atoms with Crippen molar-refractivity contribution in [2.45, 2.75) is 26.3 Å². The average molecular weight is 233 g/mol. The fraction of sp³-hybridized carbons (Fsp3) is 0.333. The first-order valence-electron chi connectivity index (χ1n) is 5.33. The summed E-state index contributed by atoms with van der Waals surface area (Å²) in [5.74, 6) is 0.836. The SMILES string of the molecule is Cc1ccc(CC(C)Nc2cccnn2)s1. The predicted molar refractivity (Wildman–Crippen MR) is 67.9 cm³/mol. The molecule has 1 atom stereocenters. The van der Waals surface area contributed by atoms with Gasteiger partial charge in [0, 0.05) is 28.4 Å². The van der Waals surface area contributed by atoms with E-state index in [0.29, 0.717) is 6.04 Å². The molecule has 1 unspecified atom stereocenters. The Balaban J connectivity index is 1.92. The molecule has 1 N–H and O–H groups in total. The molecule has 2 heterocycles. The molecule has 2 aromatic rings. The zero-order valence-electron chi connectivity index (χ0n) is 9.47. The molecule has 0 aliphatic rings. The van der Waals surface area contributed by atoms with Gasteiger partial charge in [-0.15, -0.1) is 16.4 Å². The summed E-state index contributed by atoms with van der Waals surface area (Å²) in [7, 11) is 0. The summed E-state index contributed by atoms with van der Waals surface area (Å²) < 4.78 is 0. The van der Waals surface area contributed by atoms with Gasteiger partial charge in [-0.2, -0.15) is 5.10 Å². The first-order chi connectivity index (χ1) is 7.74. The number of aryl methyl sites for hydroxylation is 1. The number of hydrogen-bond acceptors (Lipinski definition) is 4. The summed E-state index contributed by atoms with van der Waals surface area (Å²) in [6, 6.07) is 8.54. The van der Waals surface area contributed by atoms with Gasteiger partial charge in [-0.3, -0.25) is 0 Å². The van der Waals surface area contributed by atoms with Gasteiger partial charge in [0.2, 0.25) is 0 Å². The summed E-state index contributed by atoms with van der Waals surface area (Å²) in [6.07, 6.45) is 2.70. The lowest BCUT2D eigenvalue weighted by atomic mass is 10.2. The molecule has 4 heteroatoms. The summed E-state index contributed by atoms with van der Waals surface area (Å²) in [5, 5.41) is 11.2. The first kappa shape index (κ1) is 11.1. The standard InChI is InChI=1S/C12H15N3S/c1-9(8-11-6-5-10(2)16-11)14-12-4-3-7-13-15-12/h3-7,9H,8H2,1-2H3,(H,14,15). The molecule has 0 saturated heterocycles. The van der Waals surface area contributed by atoms with Crippen LogP contribution in [0.5, 0.6) is 0 Å². The normalized spacial score (nSPS) is 12.4. The Morgan fingerprint density at radius 2 is 2.25 bits per heavy atom. The third kappa shape index (κ3) is 3.03. The highest BCUT2D eigenvalue weighted by Crippen LogP contribution is 2.17. The minimum Gasteiger partial charge on any atom is -0.366 e. The Labute approximate surface area is 99.5 Å². The van der Waals surface area contributed by atoms with Crippen molar-refractivity contribution >= 4 is 17.2 Å². The molecule has 2 rings (SSSR count). The molecule has 0 aromatic carbocycles. The number of nitrogens with one attached hydrogen (secondary N) is 1. The molecule has 0 radical (unpaired) electrons. The second kappa shape index (κ2) is 5.07. The fourth-order valence-electron chi connectivity index (χ4n) is 1.58. The van der Waals surface area contributed by atoms with E-state index in [4.69, 9.17) is 0 Å². The number of nitrogens with zero attached hydrogens (tertiary/aromatic N) is 2. The van der Waals surface area contributed by atoms with Crippen molar-refractivity contribution in [2.75, 3.05) is 5.32 Å². The highest BCUT2D eigenvalue weighted by molar-refractivity contribution is 7.11. The first-order valence-corrected chi connectivity index (χ1v) is 6.15. The molecule has 16 heavy (non-hydrogen) atoms. The van der Waals surface area contributed by atoms with Crippen molar-refractivity contribution in [2.24, 2.45) is 0 Å². The van der Waals surface area contributed by atoms with Crippen LogP contribution in [-0.4, -0.2) is 16.2 Å². The number of hydrogen-bond donors (Lipinski definition) is 1. The summed E-state index contributed by atoms with van der Waals surface area (Å²) in [5.41, 5.74) is 0. The highest BCUT2D eigenvalue weighted by atomic mass is 32.1. The van der Waals surface area contributed by atoms with Crippen molar-refractivity contribution in [1.82, 2.24) is 10.2 Å². The monoisotopic (exact) mass is 233 g/mol. The van der Waals surface area contributed by atoms with Crippen LogP contribution in [0.25, 0.3) is 0 Å². The maximum Gasteiger partial charge on any atom is 0.148 e. The van der Waals surface area contributed by atoms with Crippen LogP contribution in [0.4, 0.5) is 5.82 Å². The number of anilines is 1. The van der Waals surface area contributed by atoms with Gasteiger partial charge >= 0.3 is 0 Å². The minimum atomic E-state index is 0.370. The summed E-state index contributed by atoms with van der Waals surface area (Å²) in [4.78, 5) is 2.77. The Hall–Kier alpha value is -1.42. The van der Waals surface area contributed by atoms with Crippen LogP contribution in [0.3, 0.4) is 0 Å². The molecular formula is C12H15N3S. The van der Waals surface area contributed by atoms with Crippen molar-refractivity contribution in [3.63, 3.8) is 0 Å². The van der Waals surface area contributed by atoms with E-state index >= 15 is 0 Å². The van der Waals surface area contributed by atoms with Gasteiger partial charge in [0.15, 0.2) is 0 Å². The zero-order chi connectivity index (χ0) is 11.4. The van der Waals surface area contributed by atoms with Gasteiger partial charge < -0.3 is 5.32 Å². The van der Waals surface area contributed by atoms with Gasteiger partial charge in [0.25, 0.3) is 0 Å². The third-order valence-electron chi connectivity index (χ3n) is 2.27.